The van der Waals surface area contributed by atoms with Gasteiger partial charge in [0.15, 0.2) is 0 Å². The summed E-state index contributed by atoms with van der Waals surface area (Å²) in [6.45, 7) is 6.86. The number of halogens is 2. The summed E-state index contributed by atoms with van der Waals surface area (Å²) < 4.78 is 2.00. The Morgan fingerprint density at radius 2 is 2.11 bits per heavy atom. The van der Waals surface area contributed by atoms with Gasteiger partial charge >= 0.3 is 0 Å². The third kappa shape index (κ3) is 3.01. The van der Waals surface area contributed by atoms with Crippen molar-refractivity contribution in [2.75, 3.05) is 6.54 Å². The van der Waals surface area contributed by atoms with Crippen molar-refractivity contribution in [3.63, 3.8) is 0 Å². The first-order valence-corrected chi connectivity index (χ1v) is 7.55. The van der Waals surface area contributed by atoms with E-state index in [-0.39, 0.29) is 0 Å². The maximum Gasteiger partial charge on any atom is 0.0863 e. The summed E-state index contributed by atoms with van der Waals surface area (Å²) in [6.07, 6.45) is 3.15. The van der Waals surface area contributed by atoms with Gasteiger partial charge in [-0.1, -0.05) is 18.5 Å². The van der Waals surface area contributed by atoms with E-state index in [9.17, 15) is 0 Å². The molecule has 0 amide bonds. The second-order valence-electron chi connectivity index (χ2n) is 4.94. The number of aromatic nitrogens is 2. The summed E-state index contributed by atoms with van der Waals surface area (Å²) >= 11 is 12.3. The monoisotopic (exact) mass is 289 g/mol. The molecule has 1 aromatic rings. The maximum absolute atomic E-state index is 6.35. The van der Waals surface area contributed by atoms with Crippen molar-refractivity contribution in [2.45, 2.75) is 51.6 Å². The number of hydrogen-bond donors (Lipinski definition) is 1. The van der Waals surface area contributed by atoms with Gasteiger partial charge in [0.05, 0.1) is 16.4 Å². The molecule has 0 radical (unpaired) electrons. The standard InChI is InChI=1S/C13H21Cl2N3/c1-3-11-13(15)12(18(4-2)17-11)8-16-7-9-5-10(14)6-9/h9-10,16H,3-8H2,1-2H3. The number of hydrogen-bond acceptors (Lipinski definition) is 2. The average molecular weight is 290 g/mol. The van der Waals surface area contributed by atoms with E-state index in [0.717, 1.165) is 61.2 Å². The van der Waals surface area contributed by atoms with Crippen molar-refractivity contribution < 1.29 is 0 Å². The molecule has 0 bridgehead atoms. The Labute approximate surface area is 119 Å². The van der Waals surface area contributed by atoms with E-state index in [2.05, 4.69) is 24.3 Å². The van der Waals surface area contributed by atoms with Gasteiger partial charge in [-0.2, -0.15) is 5.10 Å². The molecule has 5 heteroatoms. The van der Waals surface area contributed by atoms with Gasteiger partial charge in [-0.3, -0.25) is 4.68 Å². The largest absolute Gasteiger partial charge is 0.311 e. The van der Waals surface area contributed by atoms with Crippen LogP contribution in [0.2, 0.25) is 5.02 Å². The van der Waals surface area contributed by atoms with Crippen LogP contribution in [0.15, 0.2) is 0 Å². The lowest BCUT2D eigenvalue weighted by Gasteiger charge is -2.31. The molecular formula is C13H21Cl2N3. The van der Waals surface area contributed by atoms with Gasteiger partial charge in [-0.05, 0) is 38.6 Å². The molecule has 0 unspecified atom stereocenters. The number of rotatable bonds is 6. The van der Waals surface area contributed by atoms with Gasteiger partial charge in [0.1, 0.15) is 0 Å². The average Bonchev–Trinajstić information content (AvgIpc) is 2.63. The van der Waals surface area contributed by atoms with Gasteiger partial charge in [0.25, 0.3) is 0 Å². The molecule has 0 atom stereocenters. The minimum Gasteiger partial charge on any atom is -0.311 e. The molecule has 2 rings (SSSR count). The second kappa shape index (κ2) is 6.27. The van der Waals surface area contributed by atoms with Crippen molar-refractivity contribution in [1.29, 1.82) is 0 Å². The molecule has 0 spiro atoms. The molecule has 1 fully saturated rings. The Morgan fingerprint density at radius 1 is 1.39 bits per heavy atom. The predicted molar refractivity (Wildman–Crippen MR) is 76.4 cm³/mol. The maximum atomic E-state index is 6.35. The zero-order valence-corrected chi connectivity index (χ0v) is 12.6. The van der Waals surface area contributed by atoms with Gasteiger partial charge < -0.3 is 5.32 Å². The summed E-state index contributed by atoms with van der Waals surface area (Å²) in [5.41, 5.74) is 2.11. The Morgan fingerprint density at radius 3 is 2.67 bits per heavy atom. The van der Waals surface area contributed by atoms with E-state index in [1.54, 1.807) is 0 Å². The molecule has 1 aromatic heterocycles. The first kappa shape index (κ1) is 14.2. The van der Waals surface area contributed by atoms with Crippen LogP contribution in [0.4, 0.5) is 0 Å². The highest BCUT2D eigenvalue weighted by molar-refractivity contribution is 6.31. The number of alkyl halides is 1. The molecule has 0 aromatic carbocycles. The molecule has 1 N–H and O–H groups in total. The normalized spacial score (nSPS) is 23.1. The van der Waals surface area contributed by atoms with Crippen LogP contribution in [-0.4, -0.2) is 21.7 Å². The van der Waals surface area contributed by atoms with Crippen molar-refractivity contribution in [3.8, 4) is 0 Å². The SMILES string of the molecule is CCc1nn(CC)c(CNCC2CC(Cl)C2)c1Cl. The van der Waals surface area contributed by atoms with Crippen molar-refractivity contribution >= 4 is 23.2 Å². The van der Waals surface area contributed by atoms with Gasteiger partial charge in [0.2, 0.25) is 0 Å². The van der Waals surface area contributed by atoms with Crippen LogP contribution in [0.3, 0.4) is 0 Å². The number of aryl methyl sites for hydroxylation is 2. The Bertz CT molecular complexity index is 397. The highest BCUT2D eigenvalue weighted by Crippen LogP contribution is 2.31. The quantitative estimate of drug-likeness (QED) is 0.815. The summed E-state index contributed by atoms with van der Waals surface area (Å²) in [5, 5.41) is 9.21. The Hall–Kier alpha value is -0.250. The van der Waals surface area contributed by atoms with Crippen molar-refractivity contribution in [2.24, 2.45) is 5.92 Å². The molecule has 3 nitrogen and oxygen atoms in total. The first-order chi connectivity index (χ1) is 8.65. The minimum atomic E-state index is 0.397. The fraction of sp³-hybridized carbons (Fsp3) is 0.769. The van der Waals surface area contributed by atoms with Gasteiger partial charge in [0, 0.05) is 18.5 Å². The van der Waals surface area contributed by atoms with E-state index >= 15 is 0 Å². The third-order valence-electron chi connectivity index (χ3n) is 3.60. The first-order valence-electron chi connectivity index (χ1n) is 6.74. The van der Waals surface area contributed by atoms with Crippen LogP contribution >= 0.6 is 23.2 Å². The van der Waals surface area contributed by atoms with Gasteiger partial charge in [-0.25, -0.2) is 0 Å². The van der Waals surface area contributed by atoms with E-state index in [1.807, 2.05) is 4.68 Å². The fourth-order valence-corrected chi connectivity index (χ4v) is 3.24. The topological polar surface area (TPSA) is 29.9 Å². The van der Waals surface area contributed by atoms with Crippen LogP contribution in [0.25, 0.3) is 0 Å². The summed E-state index contributed by atoms with van der Waals surface area (Å²) in [7, 11) is 0. The molecule has 102 valence electrons. The molecule has 1 aliphatic carbocycles. The van der Waals surface area contributed by atoms with Crippen molar-refractivity contribution in [3.05, 3.63) is 16.4 Å². The Balaban J connectivity index is 1.89. The highest BCUT2D eigenvalue weighted by Gasteiger charge is 2.26. The fourth-order valence-electron chi connectivity index (χ4n) is 2.40. The van der Waals surface area contributed by atoms with E-state index in [0.29, 0.717) is 5.38 Å². The summed E-state index contributed by atoms with van der Waals surface area (Å²) in [6, 6.07) is 0. The zero-order chi connectivity index (χ0) is 13.1. The minimum absolute atomic E-state index is 0.397. The van der Waals surface area contributed by atoms with E-state index in [1.165, 1.54) is 0 Å². The van der Waals surface area contributed by atoms with Gasteiger partial charge in [-0.15, -0.1) is 11.6 Å². The summed E-state index contributed by atoms with van der Waals surface area (Å²) in [4.78, 5) is 0. The lowest BCUT2D eigenvalue weighted by molar-refractivity contribution is 0.307. The molecule has 0 saturated heterocycles. The number of nitrogens with zero attached hydrogens (tertiary/aromatic N) is 2. The predicted octanol–water partition coefficient (Wildman–Crippen LogP) is 3.23. The molecule has 0 aliphatic heterocycles. The lowest BCUT2D eigenvalue weighted by atomic mass is 9.85. The zero-order valence-electron chi connectivity index (χ0n) is 11.0. The molecule has 1 aliphatic rings. The molecule has 1 heterocycles. The van der Waals surface area contributed by atoms with Crippen LogP contribution in [-0.2, 0) is 19.5 Å². The van der Waals surface area contributed by atoms with Crippen molar-refractivity contribution in [1.82, 2.24) is 15.1 Å². The van der Waals surface area contributed by atoms with E-state index in [4.69, 9.17) is 23.2 Å². The smallest absolute Gasteiger partial charge is 0.0863 e. The number of nitrogens with one attached hydrogen (secondary N) is 1. The van der Waals surface area contributed by atoms with Crippen LogP contribution in [0, 0.1) is 5.92 Å². The molecule has 18 heavy (non-hydrogen) atoms. The van der Waals surface area contributed by atoms with Crippen LogP contribution in [0.1, 0.15) is 38.1 Å². The lowest BCUT2D eigenvalue weighted by Crippen LogP contribution is -2.33. The van der Waals surface area contributed by atoms with Crippen LogP contribution < -0.4 is 5.32 Å². The van der Waals surface area contributed by atoms with Crippen LogP contribution in [0.5, 0.6) is 0 Å². The summed E-state index contributed by atoms with van der Waals surface area (Å²) in [5.74, 6) is 0.731. The van der Waals surface area contributed by atoms with E-state index < -0.39 is 0 Å². The third-order valence-corrected chi connectivity index (χ3v) is 4.39. The highest BCUT2D eigenvalue weighted by atomic mass is 35.5. The molecular weight excluding hydrogens is 269 g/mol. The second-order valence-corrected chi connectivity index (χ2v) is 5.94. The Kier molecular flexibility index (Phi) is 4.93. The molecule has 1 saturated carbocycles.